The molecule has 2 aliphatic rings. The van der Waals surface area contributed by atoms with E-state index in [1.807, 2.05) is 0 Å². The number of hydrogen-bond acceptors (Lipinski definition) is 4. The third-order valence-corrected chi connectivity index (χ3v) is 5.43. The molecule has 1 N–H and O–H groups in total. The van der Waals surface area contributed by atoms with E-state index in [9.17, 15) is 22.8 Å². The highest BCUT2D eigenvalue weighted by molar-refractivity contribution is 5.95. The molecular formula is C18H22F3N3O3. The molecule has 27 heavy (non-hydrogen) atoms. The molecule has 9 heteroatoms. The molecule has 2 saturated heterocycles. The Morgan fingerprint density at radius 1 is 1.07 bits per heavy atom. The minimum absolute atomic E-state index is 0.164. The minimum Gasteiger partial charge on any atom is -0.481 e. The van der Waals surface area contributed by atoms with Gasteiger partial charge < -0.3 is 14.9 Å². The van der Waals surface area contributed by atoms with Crippen molar-refractivity contribution >= 4 is 17.7 Å². The summed E-state index contributed by atoms with van der Waals surface area (Å²) in [5.74, 6) is -1.83. The van der Waals surface area contributed by atoms with E-state index >= 15 is 0 Å². The number of halogens is 3. The number of rotatable bonds is 3. The molecule has 0 bridgehead atoms. The van der Waals surface area contributed by atoms with Gasteiger partial charge in [-0.15, -0.1) is 0 Å². The van der Waals surface area contributed by atoms with Crippen LogP contribution >= 0.6 is 0 Å². The Labute approximate surface area is 155 Å². The average Bonchev–Trinajstić information content (AvgIpc) is 2.93. The van der Waals surface area contributed by atoms with Crippen LogP contribution in [0.3, 0.4) is 0 Å². The van der Waals surface area contributed by atoms with E-state index in [1.54, 1.807) is 12.1 Å². The second kappa shape index (κ2) is 7.36. The summed E-state index contributed by atoms with van der Waals surface area (Å²) in [6, 6.07) is 3.24. The van der Waals surface area contributed by atoms with Crippen molar-refractivity contribution in [2.45, 2.75) is 38.3 Å². The van der Waals surface area contributed by atoms with Gasteiger partial charge >= 0.3 is 12.1 Å². The largest absolute Gasteiger partial charge is 0.481 e. The summed E-state index contributed by atoms with van der Waals surface area (Å²) in [5.41, 5.74) is -2.74. The molecule has 2 fully saturated rings. The van der Waals surface area contributed by atoms with Crippen molar-refractivity contribution in [3.8, 4) is 0 Å². The number of carboxylic acids is 1. The molecule has 0 aliphatic carbocycles. The smallest absolute Gasteiger partial charge is 0.406 e. The zero-order valence-electron chi connectivity index (χ0n) is 14.8. The molecule has 1 aromatic rings. The first kappa shape index (κ1) is 19.4. The van der Waals surface area contributed by atoms with Crippen molar-refractivity contribution in [3.05, 3.63) is 23.9 Å². The van der Waals surface area contributed by atoms with E-state index < -0.39 is 36.4 Å². The first-order valence-corrected chi connectivity index (χ1v) is 9.05. The van der Waals surface area contributed by atoms with Crippen molar-refractivity contribution in [1.29, 1.82) is 0 Å². The Balaban J connectivity index is 1.72. The number of aliphatic carboxylic acids is 1. The molecule has 1 unspecified atom stereocenters. The fraction of sp³-hybridized carbons (Fsp3) is 0.611. The molecule has 0 spiro atoms. The lowest BCUT2D eigenvalue weighted by Gasteiger charge is -2.27. The van der Waals surface area contributed by atoms with Gasteiger partial charge in [0.05, 0.1) is 5.56 Å². The number of carboxylic acid groups (broad SMARTS) is 1. The predicted octanol–water partition coefficient (Wildman–Crippen LogP) is 2.94. The normalized spacial score (nSPS) is 24.0. The second-order valence-electron chi connectivity index (χ2n) is 7.17. The monoisotopic (exact) mass is 385 g/mol. The zero-order chi connectivity index (χ0) is 19.7. The maximum atomic E-state index is 13.3. The SMILES string of the molecule is O=C(c1ccc(N2CCCCCC2)nc1)N1CCC(C(=O)O)(C(F)(F)F)C1. The lowest BCUT2D eigenvalue weighted by atomic mass is 9.86. The fourth-order valence-electron chi connectivity index (χ4n) is 3.69. The van der Waals surface area contributed by atoms with Gasteiger partial charge in [0.15, 0.2) is 5.41 Å². The van der Waals surface area contributed by atoms with Gasteiger partial charge in [-0.3, -0.25) is 9.59 Å². The molecule has 1 atom stereocenters. The number of pyridine rings is 1. The molecule has 3 rings (SSSR count). The van der Waals surface area contributed by atoms with Crippen LogP contribution in [0.4, 0.5) is 19.0 Å². The summed E-state index contributed by atoms with van der Waals surface area (Å²) >= 11 is 0. The number of likely N-dealkylation sites (tertiary alicyclic amines) is 1. The summed E-state index contributed by atoms with van der Waals surface area (Å²) in [5, 5.41) is 9.10. The number of nitrogens with zero attached hydrogens (tertiary/aromatic N) is 3. The van der Waals surface area contributed by atoms with E-state index in [2.05, 4.69) is 9.88 Å². The Bertz CT molecular complexity index is 700. The van der Waals surface area contributed by atoms with Crippen LogP contribution in [0, 0.1) is 5.41 Å². The molecule has 3 heterocycles. The third-order valence-electron chi connectivity index (χ3n) is 5.43. The molecule has 0 radical (unpaired) electrons. The van der Waals surface area contributed by atoms with E-state index in [0.29, 0.717) is 0 Å². The Hall–Kier alpha value is -2.32. The highest BCUT2D eigenvalue weighted by Gasteiger charge is 2.64. The van der Waals surface area contributed by atoms with E-state index in [0.717, 1.165) is 36.6 Å². The van der Waals surface area contributed by atoms with Crippen LogP contribution in [-0.4, -0.2) is 59.2 Å². The third kappa shape index (κ3) is 3.72. The van der Waals surface area contributed by atoms with Gasteiger partial charge in [0.25, 0.3) is 5.91 Å². The van der Waals surface area contributed by atoms with Gasteiger partial charge in [-0.25, -0.2) is 4.98 Å². The molecule has 1 aromatic heterocycles. The van der Waals surface area contributed by atoms with Crippen molar-refractivity contribution in [1.82, 2.24) is 9.88 Å². The Morgan fingerprint density at radius 2 is 1.74 bits per heavy atom. The summed E-state index contributed by atoms with van der Waals surface area (Å²) in [7, 11) is 0. The highest BCUT2D eigenvalue weighted by atomic mass is 19.4. The van der Waals surface area contributed by atoms with Crippen molar-refractivity contribution in [2.24, 2.45) is 5.41 Å². The quantitative estimate of drug-likeness (QED) is 0.866. The average molecular weight is 385 g/mol. The van der Waals surface area contributed by atoms with Gasteiger partial charge in [-0.05, 0) is 31.4 Å². The minimum atomic E-state index is -4.91. The van der Waals surface area contributed by atoms with E-state index in [1.165, 1.54) is 19.0 Å². The van der Waals surface area contributed by atoms with Crippen LogP contribution in [0.25, 0.3) is 0 Å². The maximum absolute atomic E-state index is 13.3. The van der Waals surface area contributed by atoms with Gasteiger partial charge in [0, 0.05) is 32.4 Å². The number of hydrogen-bond donors (Lipinski definition) is 1. The van der Waals surface area contributed by atoms with Crippen LogP contribution in [0.15, 0.2) is 18.3 Å². The number of aromatic nitrogens is 1. The number of alkyl halides is 3. The predicted molar refractivity (Wildman–Crippen MR) is 91.6 cm³/mol. The standard InChI is InChI=1S/C18H22F3N3O3/c19-18(20,21)17(16(26)27)7-10-24(12-17)15(25)13-5-6-14(22-11-13)23-8-3-1-2-4-9-23/h5-6,11H,1-4,7-10,12H2,(H,26,27). The van der Waals surface area contributed by atoms with Crippen LogP contribution in [0.1, 0.15) is 42.5 Å². The van der Waals surface area contributed by atoms with Gasteiger partial charge in [0.2, 0.25) is 0 Å². The van der Waals surface area contributed by atoms with Crippen molar-refractivity contribution in [3.63, 3.8) is 0 Å². The van der Waals surface area contributed by atoms with E-state index in [4.69, 9.17) is 5.11 Å². The first-order valence-electron chi connectivity index (χ1n) is 9.05. The van der Waals surface area contributed by atoms with Crippen LogP contribution in [-0.2, 0) is 4.79 Å². The number of carbonyl (C=O) groups excluding carboxylic acids is 1. The molecule has 0 aromatic carbocycles. The highest BCUT2D eigenvalue weighted by Crippen LogP contribution is 2.46. The summed E-state index contributed by atoms with van der Waals surface area (Å²) in [6.45, 7) is 0.648. The van der Waals surface area contributed by atoms with Gasteiger partial charge in [-0.1, -0.05) is 12.8 Å². The summed E-state index contributed by atoms with van der Waals surface area (Å²) in [4.78, 5) is 31.2. The van der Waals surface area contributed by atoms with Crippen molar-refractivity contribution < 1.29 is 27.9 Å². The number of carbonyl (C=O) groups is 2. The molecule has 6 nitrogen and oxygen atoms in total. The zero-order valence-corrected chi connectivity index (χ0v) is 14.8. The Morgan fingerprint density at radius 3 is 2.22 bits per heavy atom. The fourth-order valence-corrected chi connectivity index (χ4v) is 3.69. The molecule has 0 saturated carbocycles. The molecule has 1 amide bonds. The molecular weight excluding hydrogens is 363 g/mol. The molecule has 148 valence electrons. The first-order chi connectivity index (χ1) is 12.7. The van der Waals surface area contributed by atoms with E-state index in [-0.39, 0.29) is 12.1 Å². The molecule has 2 aliphatic heterocycles. The van der Waals surface area contributed by atoms with Crippen LogP contribution in [0.2, 0.25) is 0 Å². The second-order valence-corrected chi connectivity index (χ2v) is 7.17. The van der Waals surface area contributed by atoms with Gasteiger partial charge in [-0.2, -0.15) is 13.2 Å². The van der Waals surface area contributed by atoms with Crippen LogP contribution in [0.5, 0.6) is 0 Å². The summed E-state index contributed by atoms with van der Waals surface area (Å²) < 4.78 is 39.8. The maximum Gasteiger partial charge on any atom is 0.406 e. The lowest BCUT2D eigenvalue weighted by Crippen LogP contribution is -2.47. The Kier molecular flexibility index (Phi) is 5.30. The lowest BCUT2D eigenvalue weighted by molar-refractivity contribution is -0.227. The van der Waals surface area contributed by atoms with Crippen molar-refractivity contribution in [2.75, 3.05) is 31.1 Å². The van der Waals surface area contributed by atoms with Gasteiger partial charge in [0.1, 0.15) is 5.82 Å². The topological polar surface area (TPSA) is 73.7 Å². The van der Waals surface area contributed by atoms with Crippen LogP contribution < -0.4 is 4.90 Å². The number of amides is 1. The number of anilines is 1. The summed E-state index contributed by atoms with van der Waals surface area (Å²) in [6.07, 6.45) is 0.297.